The van der Waals surface area contributed by atoms with Gasteiger partial charge in [0.15, 0.2) is 0 Å². The molecule has 1 N–H and O–H groups in total. The fraction of sp³-hybridized carbons (Fsp3) is 0.500. The predicted octanol–water partition coefficient (Wildman–Crippen LogP) is -0.262. The number of hydrogen-bond donors (Lipinski definition) is 1. The van der Waals surface area contributed by atoms with Gasteiger partial charge in [0.1, 0.15) is 4.83 Å². The normalized spacial score (nSPS) is 15.5. The van der Waals surface area contributed by atoms with Gasteiger partial charge in [-0.2, -0.15) is 0 Å². The number of likely N-dealkylation sites (N-methyl/N-ethyl adjacent to an activating group) is 1. The van der Waals surface area contributed by atoms with Crippen molar-refractivity contribution in [2.45, 2.75) is 13.0 Å². The first-order chi connectivity index (χ1) is 12.1. The van der Waals surface area contributed by atoms with Gasteiger partial charge in [-0.05, 0) is 11.4 Å². The number of fused-ring (bicyclic) bond motifs is 1. The van der Waals surface area contributed by atoms with Crippen molar-refractivity contribution in [3.05, 3.63) is 28.1 Å². The number of piperazine rings is 1. The summed E-state index contributed by atoms with van der Waals surface area (Å²) >= 11 is 1.43. The average molecular weight is 363 g/mol. The minimum absolute atomic E-state index is 0.0181. The van der Waals surface area contributed by atoms with Crippen LogP contribution < -0.4 is 10.9 Å². The van der Waals surface area contributed by atoms with E-state index in [0.717, 1.165) is 4.83 Å². The second-order valence-electron chi connectivity index (χ2n) is 5.96. The highest BCUT2D eigenvalue weighted by Crippen LogP contribution is 2.13. The van der Waals surface area contributed by atoms with Crippen molar-refractivity contribution in [1.29, 1.82) is 0 Å². The van der Waals surface area contributed by atoms with E-state index in [0.29, 0.717) is 44.7 Å². The standard InChI is InChI=1S/C16H21N5O3S/c1-17-13(22)10-19-5-7-20(8-6-19)14(23)2-4-21-11-18-15-12(16(21)24)3-9-25-15/h3,9,11H,2,4-8,10H2,1H3,(H,17,22). The van der Waals surface area contributed by atoms with Crippen LogP contribution in [0.2, 0.25) is 0 Å². The fourth-order valence-electron chi connectivity index (χ4n) is 2.86. The van der Waals surface area contributed by atoms with Crippen LogP contribution in [0.5, 0.6) is 0 Å². The highest BCUT2D eigenvalue weighted by Gasteiger charge is 2.22. The number of carbonyl (C=O) groups excluding carboxylic acids is 2. The van der Waals surface area contributed by atoms with Crippen molar-refractivity contribution in [3.8, 4) is 0 Å². The number of amides is 2. The molecule has 0 bridgehead atoms. The van der Waals surface area contributed by atoms with Crippen molar-refractivity contribution < 1.29 is 9.59 Å². The van der Waals surface area contributed by atoms with Gasteiger partial charge in [0.2, 0.25) is 11.8 Å². The molecule has 3 heterocycles. The number of nitrogens with one attached hydrogen (secondary N) is 1. The van der Waals surface area contributed by atoms with Crippen LogP contribution in [-0.4, -0.2) is 70.9 Å². The zero-order valence-corrected chi connectivity index (χ0v) is 14.9. The molecule has 3 rings (SSSR count). The molecule has 8 nitrogen and oxygen atoms in total. The number of nitrogens with zero attached hydrogens (tertiary/aromatic N) is 4. The molecule has 1 saturated heterocycles. The minimum Gasteiger partial charge on any atom is -0.358 e. The molecule has 9 heteroatoms. The van der Waals surface area contributed by atoms with Crippen molar-refractivity contribution in [2.75, 3.05) is 39.8 Å². The average Bonchev–Trinajstić information content (AvgIpc) is 3.11. The Bertz CT molecular complexity index is 823. The highest BCUT2D eigenvalue weighted by atomic mass is 32.1. The Hall–Kier alpha value is -2.26. The second kappa shape index (κ2) is 7.75. The van der Waals surface area contributed by atoms with E-state index in [4.69, 9.17) is 0 Å². The number of carbonyl (C=O) groups is 2. The molecular formula is C16H21N5O3S. The highest BCUT2D eigenvalue weighted by molar-refractivity contribution is 7.16. The summed E-state index contributed by atoms with van der Waals surface area (Å²) < 4.78 is 1.49. The van der Waals surface area contributed by atoms with Crippen LogP contribution in [0.15, 0.2) is 22.6 Å². The van der Waals surface area contributed by atoms with Crippen molar-refractivity contribution >= 4 is 33.4 Å². The molecule has 1 aliphatic heterocycles. The van der Waals surface area contributed by atoms with Crippen molar-refractivity contribution in [3.63, 3.8) is 0 Å². The van der Waals surface area contributed by atoms with Gasteiger partial charge in [-0.3, -0.25) is 23.9 Å². The van der Waals surface area contributed by atoms with Crippen molar-refractivity contribution in [1.82, 2.24) is 24.7 Å². The van der Waals surface area contributed by atoms with E-state index in [9.17, 15) is 14.4 Å². The lowest BCUT2D eigenvalue weighted by Gasteiger charge is -2.34. The molecule has 0 atom stereocenters. The predicted molar refractivity (Wildman–Crippen MR) is 95.6 cm³/mol. The SMILES string of the molecule is CNC(=O)CN1CCN(C(=O)CCn2cnc3sccc3c2=O)CC1. The van der Waals surface area contributed by atoms with E-state index in [1.165, 1.54) is 22.2 Å². The summed E-state index contributed by atoms with van der Waals surface area (Å²) in [5, 5.41) is 5.04. The maximum atomic E-state index is 12.4. The number of aromatic nitrogens is 2. The first-order valence-electron chi connectivity index (χ1n) is 8.22. The Balaban J connectivity index is 1.52. The molecule has 134 valence electrons. The maximum Gasteiger partial charge on any atom is 0.262 e. The molecule has 0 unspecified atom stereocenters. The quantitative estimate of drug-likeness (QED) is 0.791. The zero-order chi connectivity index (χ0) is 17.8. The van der Waals surface area contributed by atoms with Crippen LogP contribution in [0, 0.1) is 0 Å². The number of rotatable bonds is 5. The molecule has 0 radical (unpaired) electrons. The van der Waals surface area contributed by atoms with E-state index in [-0.39, 0.29) is 23.8 Å². The van der Waals surface area contributed by atoms with Crippen LogP contribution in [0.3, 0.4) is 0 Å². The maximum absolute atomic E-state index is 12.4. The van der Waals surface area contributed by atoms with Gasteiger partial charge in [0.25, 0.3) is 5.56 Å². The minimum atomic E-state index is -0.102. The molecule has 0 aliphatic carbocycles. The van der Waals surface area contributed by atoms with Crippen LogP contribution in [0.4, 0.5) is 0 Å². The lowest BCUT2D eigenvalue weighted by molar-refractivity contribution is -0.133. The molecule has 0 aromatic carbocycles. The van der Waals surface area contributed by atoms with Crippen LogP contribution in [0.25, 0.3) is 10.2 Å². The van der Waals surface area contributed by atoms with Gasteiger partial charge < -0.3 is 10.2 Å². The molecule has 0 spiro atoms. The van der Waals surface area contributed by atoms with Gasteiger partial charge in [0, 0.05) is 46.2 Å². The first kappa shape index (κ1) is 17.6. The summed E-state index contributed by atoms with van der Waals surface area (Å²) in [5.41, 5.74) is -0.102. The Labute approximate surface area is 149 Å². The lowest BCUT2D eigenvalue weighted by atomic mass is 10.2. The number of hydrogen-bond acceptors (Lipinski definition) is 6. The fourth-order valence-corrected chi connectivity index (χ4v) is 3.59. The number of thiophene rings is 1. The van der Waals surface area contributed by atoms with Gasteiger partial charge in [0.05, 0.1) is 18.3 Å². The van der Waals surface area contributed by atoms with E-state index in [2.05, 4.69) is 10.3 Å². The van der Waals surface area contributed by atoms with Gasteiger partial charge in [-0.25, -0.2) is 4.98 Å². The molecular weight excluding hydrogens is 342 g/mol. The largest absolute Gasteiger partial charge is 0.358 e. The Morgan fingerprint density at radius 2 is 2.04 bits per heavy atom. The Morgan fingerprint density at radius 1 is 1.28 bits per heavy atom. The summed E-state index contributed by atoms with van der Waals surface area (Å²) in [7, 11) is 1.62. The van der Waals surface area contributed by atoms with E-state index < -0.39 is 0 Å². The molecule has 2 aromatic rings. The topological polar surface area (TPSA) is 87.5 Å². The van der Waals surface area contributed by atoms with E-state index >= 15 is 0 Å². The summed E-state index contributed by atoms with van der Waals surface area (Å²) in [6.07, 6.45) is 1.78. The monoisotopic (exact) mass is 363 g/mol. The molecule has 2 amide bonds. The van der Waals surface area contributed by atoms with Crippen LogP contribution in [0.1, 0.15) is 6.42 Å². The Kier molecular flexibility index (Phi) is 5.44. The summed E-state index contributed by atoms with van der Waals surface area (Å²) in [6, 6.07) is 1.76. The second-order valence-corrected chi connectivity index (χ2v) is 6.86. The molecule has 0 saturated carbocycles. The third-order valence-electron chi connectivity index (χ3n) is 4.39. The summed E-state index contributed by atoms with van der Waals surface area (Å²) in [5.74, 6) is 0.00684. The van der Waals surface area contributed by atoms with Gasteiger partial charge in [-0.1, -0.05) is 0 Å². The van der Waals surface area contributed by atoms with Gasteiger partial charge >= 0.3 is 0 Å². The molecule has 2 aromatic heterocycles. The van der Waals surface area contributed by atoms with Crippen LogP contribution in [-0.2, 0) is 16.1 Å². The lowest BCUT2D eigenvalue weighted by Crippen LogP contribution is -2.51. The summed E-state index contributed by atoms with van der Waals surface area (Å²) in [6.45, 7) is 3.26. The van der Waals surface area contributed by atoms with E-state index in [1.54, 1.807) is 18.0 Å². The first-order valence-corrected chi connectivity index (χ1v) is 9.10. The summed E-state index contributed by atoms with van der Waals surface area (Å²) in [4.78, 5) is 44.9. The smallest absolute Gasteiger partial charge is 0.262 e. The van der Waals surface area contributed by atoms with Crippen LogP contribution >= 0.6 is 11.3 Å². The number of aryl methyl sites for hydroxylation is 1. The van der Waals surface area contributed by atoms with Gasteiger partial charge in [-0.15, -0.1) is 11.3 Å². The zero-order valence-electron chi connectivity index (χ0n) is 14.1. The molecule has 1 aliphatic rings. The van der Waals surface area contributed by atoms with Crippen molar-refractivity contribution in [2.24, 2.45) is 0 Å². The molecule has 1 fully saturated rings. The Morgan fingerprint density at radius 3 is 2.76 bits per heavy atom. The third kappa shape index (κ3) is 4.05. The van der Waals surface area contributed by atoms with E-state index in [1.807, 2.05) is 10.3 Å². The third-order valence-corrected chi connectivity index (χ3v) is 5.21. The molecule has 25 heavy (non-hydrogen) atoms.